The summed E-state index contributed by atoms with van der Waals surface area (Å²) in [5, 5.41) is 0. The highest BCUT2D eigenvalue weighted by Gasteiger charge is 2.30. The normalized spacial score (nSPS) is 29.0. The highest BCUT2D eigenvalue weighted by atomic mass is 14.9. The third-order valence-corrected chi connectivity index (χ3v) is 1.31. The molecule has 7 heavy (non-hydrogen) atoms. The van der Waals surface area contributed by atoms with Crippen LogP contribution in [0.3, 0.4) is 0 Å². The first kappa shape index (κ1) is 4.81. The van der Waals surface area contributed by atoms with Crippen molar-refractivity contribution in [2.75, 3.05) is 0 Å². The van der Waals surface area contributed by atoms with E-state index in [2.05, 4.69) is 6.58 Å². The number of hydrogen-bond donors (Lipinski definition) is 2. The molecule has 1 fully saturated rings. The van der Waals surface area contributed by atoms with Crippen LogP contribution in [0, 0.1) is 5.92 Å². The largest absolute Gasteiger partial charge is 0.316 e. The van der Waals surface area contributed by atoms with Crippen LogP contribution in [-0.2, 0) is 0 Å². The second-order valence-corrected chi connectivity index (χ2v) is 2.05. The molecule has 2 nitrogen and oxygen atoms in total. The molecular formula is C5H10N2. The van der Waals surface area contributed by atoms with Crippen molar-refractivity contribution >= 4 is 0 Å². The minimum Gasteiger partial charge on any atom is -0.316 e. The van der Waals surface area contributed by atoms with E-state index < -0.39 is 0 Å². The third kappa shape index (κ3) is 0.813. The number of hydrogen-bond acceptors (Lipinski definition) is 2. The molecule has 0 aromatic heterocycles. The lowest BCUT2D eigenvalue weighted by molar-refractivity contribution is 0.639. The molecule has 2 heteroatoms. The Hall–Kier alpha value is -0.340. The fraction of sp³-hybridized carbons (Fsp3) is 0.600. The Morgan fingerprint density at radius 3 is 2.14 bits per heavy atom. The van der Waals surface area contributed by atoms with E-state index in [1.54, 1.807) is 0 Å². The lowest BCUT2D eigenvalue weighted by Crippen LogP contribution is -2.32. The molecule has 4 N–H and O–H groups in total. The summed E-state index contributed by atoms with van der Waals surface area (Å²) in [5.41, 5.74) is 11.8. The van der Waals surface area contributed by atoms with Crippen molar-refractivity contribution in [1.82, 2.24) is 0 Å². The van der Waals surface area contributed by atoms with Crippen LogP contribution in [0.2, 0.25) is 0 Å². The third-order valence-electron chi connectivity index (χ3n) is 1.31. The Balaban J connectivity index is 2.33. The second-order valence-electron chi connectivity index (χ2n) is 2.05. The lowest BCUT2D eigenvalue weighted by Gasteiger charge is -1.96. The Labute approximate surface area is 43.2 Å². The van der Waals surface area contributed by atoms with Gasteiger partial charge in [-0.2, -0.15) is 0 Å². The van der Waals surface area contributed by atoms with Crippen LogP contribution in [0.4, 0.5) is 0 Å². The number of nitrogens with two attached hydrogens (primary N) is 2. The summed E-state index contributed by atoms with van der Waals surface area (Å²) in [5.74, 6) is 0.431. The van der Waals surface area contributed by atoms with E-state index in [0.29, 0.717) is 5.92 Å². The molecule has 0 aromatic carbocycles. The van der Waals surface area contributed by atoms with Gasteiger partial charge in [0, 0.05) is 5.92 Å². The van der Waals surface area contributed by atoms with Crippen molar-refractivity contribution in [2.45, 2.75) is 12.6 Å². The molecule has 1 atom stereocenters. The van der Waals surface area contributed by atoms with Crippen LogP contribution in [0.5, 0.6) is 0 Å². The summed E-state index contributed by atoms with van der Waals surface area (Å²) in [4.78, 5) is 0. The van der Waals surface area contributed by atoms with Crippen LogP contribution in [0.1, 0.15) is 6.42 Å². The summed E-state index contributed by atoms with van der Waals surface area (Å²) in [6.45, 7) is 3.71. The zero-order chi connectivity index (χ0) is 5.44. The van der Waals surface area contributed by atoms with Gasteiger partial charge in [0.15, 0.2) is 0 Å². The molecule has 1 aliphatic carbocycles. The maximum Gasteiger partial charge on any atom is 0.0591 e. The molecule has 1 saturated carbocycles. The van der Waals surface area contributed by atoms with E-state index in [1.165, 1.54) is 5.57 Å². The fourth-order valence-corrected chi connectivity index (χ4v) is 0.632. The van der Waals surface area contributed by atoms with Gasteiger partial charge in [-0.05, 0) is 6.42 Å². The van der Waals surface area contributed by atoms with Gasteiger partial charge in [-0.25, -0.2) is 0 Å². The first-order chi connectivity index (χ1) is 3.22. The maximum absolute atomic E-state index is 5.31. The van der Waals surface area contributed by atoms with E-state index >= 15 is 0 Å². The maximum atomic E-state index is 5.31. The standard InChI is InChI=1S/C5H10N2/c1-3-2-4(3)5(6)7/h4-5H,1-2,6-7H2. The Morgan fingerprint density at radius 2 is 2.14 bits per heavy atom. The van der Waals surface area contributed by atoms with Gasteiger partial charge < -0.3 is 11.5 Å². The van der Waals surface area contributed by atoms with E-state index in [-0.39, 0.29) is 6.17 Å². The molecule has 0 spiro atoms. The topological polar surface area (TPSA) is 52.0 Å². The van der Waals surface area contributed by atoms with E-state index in [1.807, 2.05) is 0 Å². The van der Waals surface area contributed by atoms with Gasteiger partial charge >= 0.3 is 0 Å². The molecule has 0 bridgehead atoms. The van der Waals surface area contributed by atoms with Crippen molar-refractivity contribution < 1.29 is 0 Å². The van der Waals surface area contributed by atoms with Crippen LogP contribution in [-0.4, -0.2) is 6.17 Å². The van der Waals surface area contributed by atoms with Crippen LogP contribution in [0.25, 0.3) is 0 Å². The molecule has 0 aromatic rings. The molecule has 0 aliphatic heterocycles. The van der Waals surface area contributed by atoms with Crippen LogP contribution >= 0.6 is 0 Å². The molecule has 1 unspecified atom stereocenters. The van der Waals surface area contributed by atoms with Gasteiger partial charge in [-0.1, -0.05) is 12.2 Å². The van der Waals surface area contributed by atoms with E-state index in [0.717, 1.165) is 6.42 Å². The van der Waals surface area contributed by atoms with Gasteiger partial charge in [0.1, 0.15) is 0 Å². The van der Waals surface area contributed by atoms with E-state index in [4.69, 9.17) is 11.5 Å². The molecule has 0 radical (unpaired) electrons. The molecule has 1 aliphatic rings. The average Bonchev–Trinajstić information content (AvgIpc) is 2.17. The highest BCUT2D eigenvalue weighted by molar-refractivity contribution is 5.20. The predicted octanol–water partition coefficient (Wildman–Crippen LogP) is -0.194. The fourth-order valence-electron chi connectivity index (χ4n) is 0.632. The predicted molar refractivity (Wildman–Crippen MR) is 29.4 cm³/mol. The molecular weight excluding hydrogens is 88.1 g/mol. The first-order valence-electron chi connectivity index (χ1n) is 2.40. The lowest BCUT2D eigenvalue weighted by atomic mass is 10.3. The highest BCUT2D eigenvalue weighted by Crippen LogP contribution is 2.35. The van der Waals surface area contributed by atoms with E-state index in [9.17, 15) is 0 Å². The van der Waals surface area contributed by atoms with Gasteiger partial charge in [-0.3, -0.25) is 0 Å². The number of rotatable bonds is 1. The minimum atomic E-state index is -0.160. The molecule has 40 valence electrons. The summed E-state index contributed by atoms with van der Waals surface area (Å²) in [7, 11) is 0. The smallest absolute Gasteiger partial charge is 0.0591 e. The van der Waals surface area contributed by atoms with Crippen LogP contribution in [0.15, 0.2) is 12.2 Å². The van der Waals surface area contributed by atoms with Crippen molar-refractivity contribution in [3.8, 4) is 0 Å². The monoisotopic (exact) mass is 98.1 g/mol. The zero-order valence-electron chi connectivity index (χ0n) is 4.22. The van der Waals surface area contributed by atoms with Crippen molar-refractivity contribution in [2.24, 2.45) is 17.4 Å². The minimum absolute atomic E-state index is 0.160. The molecule has 0 heterocycles. The zero-order valence-corrected chi connectivity index (χ0v) is 4.22. The summed E-state index contributed by atoms with van der Waals surface area (Å²) in [6.07, 6.45) is 0.880. The summed E-state index contributed by atoms with van der Waals surface area (Å²) in [6, 6.07) is 0. The van der Waals surface area contributed by atoms with Gasteiger partial charge in [0.25, 0.3) is 0 Å². The quantitative estimate of drug-likeness (QED) is 0.352. The average molecular weight is 98.1 g/mol. The SMILES string of the molecule is C=C1CC1C(N)N. The van der Waals surface area contributed by atoms with Gasteiger partial charge in [0.2, 0.25) is 0 Å². The second kappa shape index (κ2) is 1.32. The van der Waals surface area contributed by atoms with Gasteiger partial charge in [0.05, 0.1) is 6.17 Å². The van der Waals surface area contributed by atoms with Gasteiger partial charge in [-0.15, -0.1) is 0 Å². The molecule has 1 rings (SSSR count). The first-order valence-corrected chi connectivity index (χ1v) is 2.40. The Morgan fingerprint density at radius 1 is 1.71 bits per heavy atom. The molecule has 0 saturated heterocycles. The van der Waals surface area contributed by atoms with Crippen molar-refractivity contribution in [1.29, 1.82) is 0 Å². The Kier molecular flexibility index (Phi) is 0.905. The van der Waals surface area contributed by atoms with Crippen molar-refractivity contribution in [3.05, 3.63) is 12.2 Å². The summed E-state index contributed by atoms with van der Waals surface area (Å²) < 4.78 is 0. The Bertz CT molecular complexity index is 96.3. The van der Waals surface area contributed by atoms with Crippen LogP contribution < -0.4 is 11.5 Å². The van der Waals surface area contributed by atoms with Crippen molar-refractivity contribution in [3.63, 3.8) is 0 Å². The molecule has 0 amide bonds. The summed E-state index contributed by atoms with van der Waals surface area (Å²) >= 11 is 0.